The van der Waals surface area contributed by atoms with Crippen LogP contribution >= 0.6 is 0 Å². The number of carboxylic acids is 1. The lowest BCUT2D eigenvalue weighted by Gasteiger charge is -2.22. The Bertz CT molecular complexity index is 408. The highest BCUT2D eigenvalue weighted by Gasteiger charge is 2.28. The second-order valence-corrected chi connectivity index (χ2v) is 6.70. The molecule has 0 aromatic rings. The largest absolute Gasteiger partial charge is 0.481 e. The van der Waals surface area contributed by atoms with Crippen molar-refractivity contribution in [2.24, 2.45) is 0 Å². The Morgan fingerprint density at radius 3 is 2.71 bits per heavy atom. The van der Waals surface area contributed by atoms with Crippen LogP contribution in [-0.2, 0) is 9.59 Å². The van der Waals surface area contributed by atoms with Crippen LogP contribution in [0.4, 0.5) is 0 Å². The minimum atomic E-state index is -0.743. The molecule has 1 saturated heterocycles. The highest BCUT2D eigenvalue weighted by molar-refractivity contribution is 5.79. The van der Waals surface area contributed by atoms with Crippen molar-refractivity contribution in [3.05, 3.63) is 12.2 Å². The van der Waals surface area contributed by atoms with Gasteiger partial charge in [0.05, 0.1) is 12.1 Å². The third-order valence-corrected chi connectivity index (χ3v) is 4.57. The average molecular weight is 339 g/mol. The van der Waals surface area contributed by atoms with E-state index < -0.39 is 12.1 Å². The number of nitrogens with zero attached hydrogens (tertiary/aromatic N) is 1. The number of carbonyl (C=O) groups excluding carboxylic acids is 1. The smallest absolute Gasteiger partial charge is 0.303 e. The number of aliphatic hydroxyl groups is 1. The van der Waals surface area contributed by atoms with Crippen LogP contribution < -0.4 is 0 Å². The molecule has 1 amide bonds. The SMILES string of the molecule is CCCCC[C@@H](O)/C=C/[C@@H]1CCC(=O)N1CCCCCCC(=O)O. The van der Waals surface area contributed by atoms with Crippen LogP contribution in [0.15, 0.2) is 12.2 Å². The molecule has 0 aromatic heterocycles. The van der Waals surface area contributed by atoms with E-state index in [2.05, 4.69) is 6.92 Å². The van der Waals surface area contributed by atoms with E-state index in [4.69, 9.17) is 5.11 Å². The second kappa shape index (κ2) is 12.1. The van der Waals surface area contributed by atoms with Crippen LogP contribution in [0.2, 0.25) is 0 Å². The van der Waals surface area contributed by atoms with Gasteiger partial charge in [-0.2, -0.15) is 0 Å². The molecule has 0 unspecified atom stereocenters. The molecule has 24 heavy (non-hydrogen) atoms. The average Bonchev–Trinajstić information content (AvgIpc) is 2.89. The van der Waals surface area contributed by atoms with Crippen LogP contribution in [0, 0.1) is 0 Å². The molecule has 5 heteroatoms. The first kappa shape index (κ1) is 20.7. The van der Waals surface area contributed by atoms with Gasteiger partial charge in [0.2, 0.25) is 5.91 Å². The van der Waals surface area contributed by atoms with Crippen LogP contribution in [0.3, 0.4) is 0 Å². The van der Waals surface area contributed by atoms with E-state index in [1.54, 1.807) is 0 Å². The molecule has 5 nitrogen and oxygen atoms in total. The lowest BCUT2D eigenvalue weighted by molar-refractivity contribution is -0.137. The number of unbranched alkanes of at least 4 members (excludes halogenated alkanes) is 5. The summed E-state index contributed by atoms with van der Waals surface area (Å²) in [5.74, 6) is -0.553. The van der Waals surface area contributed by atoms with Gasteiger partial charge in [0.15, 0.2) is 0 Å². The minimum absolute atomic E-state index is 0.109. The van der Waals surface area contributed by atoms with E-state index in [1.165, 1.54) is 0 Å². The molecule has 0 saturated carbocycles. The molecular formula is C19H33NO4. The van der Waals surface area contributed by atoms with Gasteiger partial charge in [0.1, 0.15) is 0 Å². The highest BCUT2D eigenvalue weighted by Crippen LogP contribution is 2.21. The van der Waals surface area contributed by atoms with Gasteiger partial charge in [-0.15, -0.1) is 0 Å². The van der Waals surface area contributed by atoms with Gasteiger partial charge in [-0.25, -0.2) is 0 Å². The van der Waals surface area contributed by atoms with E-state index in [0.29, 0.717) is 12.8 Å². The summed E-state index contributed by atoms with van der Waals surface area (Å²) in [6, 6.07) is 0.109. The predicted octanol–water partition coefficient (Wildman–Crippen LogP) is 3.51. The topological polar surface area (TPSA) is 77.8 Å². The first-order valence-corrected chi connectivity index (χ1v) is 9.42. The third-order valence-electron chi connectivity index (χ3n) is 4.57. The molecule has 0 bridgehead atoms. The monoisotopic (exact) mass is 339 g/mol. The summed E-state index contributed by atoms with van der Waals surface area (Å²) in [6.07, 6.45) is 12.6. The molecule has 1 aliphatic rings. The minimum Gasteiger partial charge on any atom is -0.481 e. The fourth-order valence-electron chi connectivity index (χ4n) is 3.11. The fraction of sp³-hybridized carbons (Fsp3) is 0.789. The van der Waals surface area contributed by atoms with Gasteiger partial charge < -0.3 is 15.1 Å². The zero-order valence-corrected chi connectivity index (χ0v) is 15.0. The number of aliphatic hydroxyl groups excluding tert-OH is 1. The van der Waals surface area contributed by atoms with Crippen molar-refractivity contribution in [2.75, 3.05) is 6.54 Å². The molecule has 2 N–H and O–H groups in total. The Kier molecular flexibility index (Phi) is 10.4. The summed E-state index contributed by atoms with van der Waals surface area (Å²) in [4.78, 5) is 24.4. The van der Waals surface area contributed by atoms with Gasteiger partial charge in [-0.05, 0) is 25.7 Å². The Balaban J connectivity index is 2.28. The molecule has 1 fully saturated rings. The molecular weight excluding hydrogens is 306 g/mol. The van der Waals surface area contributed by atoms with Crippen molar-refractivity contribution >= 4 is 11.9 Å². The molecule has 2 atom stereocenters. The predicted molar refractivity (Wildman–Crippen MR) is 94.7 cm³/mol. The quantitative estimate of drug-likeness (QED) is 0.397. The maximum atomic E-state index is 12.0. The van der Waals surface area contributed by atoms with Crippen molar-refractivity contribution in [1.29, 1.82) is 0 Å². The van der Waals surface area contributed by atoms with Gasteiger partial charge in [-0.1, -0.05) is 51.2 Å². The van der Waals surface area contributed by atoms with Crippen molar-refractivity contribution in [3.63, 3.8) is 0 Å². The molecule has 0 spiro atoms. The summed E-state index contributed by atoms with van der Waals surface area (Å²) < 4.78 is 0. The highest BCUT2D eigenvalue weighted by atomic mass is 16.4. The zero-order chi connectivity index (χ0) is 17.8. The number of hydrogen-bond acceptors (Lipinski definition) is 3. The maximum absolute atomic E-state index is 12.0. The standard InChI is InChI=1S/C19H33NO4/c1-2-3-6-9-17(21)13-11-16-12-14-18(22)20(16)15-8-5-4-7-10-19(23)24/h11,13,16-17,21H,2-10,12,14-15H2,1H3,(H,23,24)/b13-11+/t16-,17-/m1/s1. The Hall–Kier alpha value is -1.36. The maximum Gasteiger partial charge on any atom is 0.303 e. The van der Waals surface area contributed by atoms with Crippen LogP contribution in [0.5, 0.6) is 0 Å². The number of likely N-dealkylation sites (tertiary alicyclic amines) is 1. The van der Waals surface area contributed by atoms with Crippen molar-refractivity contribution in [2.45, 2.75) is 89.7 Å². The molecule has 1 rings (SSSR count). The lowest BCUT2D eigenvalue weighted by atomic mass is 10.1. The van der Waals surface area contributed by atoms with Gasteiger partial charge in [-0.3, -0.25) is 9.59 Å². The van der Waals surface area contributed by atoms with Crippen molar-refractivity contribution in [1.82, 2.24) is 4.90 Å². The van der Waals surface area contributed by atoms with E-state index in [1.807, 2.05) is 17.1 Å². The number of carbonyl (C=O) groups is 2. The normalized spacial score (nSPS) is 19.3. The summed E-state index contributed by atoms with van der Waals surface area (Å²) in [6.45, 7) is 2.87. The molecule has 0 aromatic carbocycles. The van der Waals surface area contributed by atoms with Gasteiger partial charge in [0.25, 0.3) is 0 Å². The van der Waals surface area contributed by atoms with E-state index in [-0.39, 0.29) is 18.4 Å². The summed E-state index contributed by atoms with van der Waals surface area (Å²) in [5, 5.41) is 18.6. The second-order valence-electron chi connectivity index (χ2n) is 6.70. The number of aliphatic carboxylic acids is 1. The molecule has 1 aliphatic heterocycles. The van der Waals surface area contributed by atoms with Crippen molar-refractivity contribution in [3.8, 4) is 0 Å². The third kappa shape index (κ3) is 8.48. The van der Waals surface area contributed by atoms with Gasteiger partial charge >= 0.3 is 5.97 Å². The van der Waals surface area contributed by atoms with Crippen molar-refractivity contribution < 1.29 is 19.8 Å². The Morgan fingerprint density at radius 2 is 2.00 bits per heavy atom. The van der Waals surface area contributed by atoms with Gasteiger partial charge in [0, 0.05) is 19.4 Å². The number of rotatable bonds is 13. The van der Waals surface area contributed by atoms with Crippen LogP contribution in [0.25, 0.3) is 0 Å². The Labute approximate surface area is 145 Å². The number of hydrogen-bond donors (Lipinski definition) is 2. The zero-order valence-electron chi connectivity index (χ0n) is 15.0. The first-order chi connectivity index (χ1) is 11.5. The summed E-state index contributed by atoms with van der Waals surface area (Å²) in [7, 11) is 0. The lowest BCUT2D eigenvalue weighted by Crippen LogP contribution is -2.32. The van der Waals surface area contributed by atoms with E-state index in [9.17, 15) is 14.7 Å². The fourth-order valence-corrected chi connectivity index (χ4v) is 3.11. The molecule has 0 aliphatic carbocycles. The van der Waals surface area contributed by atoms with Crippen LogP contribution in [0.1, 0.15) is 77.6 Å². The van der Waals surface area contributed by atoms with Crippen LogP contribution in [-0.4, -0.2) is 45.7 Å². The van der Waals surface area contributed by atoms with E-state index >= 15 is 0 Å². The molecule has 1 heterocycles. The molecule has 0 radical (unpaired) electrons. The first-order valence-electron chi connectivity index (χ1n) is 9.42. The Morgan fingerprint density at radius 1 is 1.25 bits per heavy atom. The number of amides is 1. The summed E-state index contributed by atoms with van der Waals surface area (Å²) >= 11 is 0. The van der Waals surface area contributed by atoms with E-state index in [0.717, 1.165) is 57.9 Å². The summed E-state index contributed by atoms with van der Waals surface area (Å²) in [5.41, 5.74) is 0. The number of carboxylic acid groups (broad SMARTS) is 1. The molecule has 138 valence electrons.